The van der Waals surface area contributed by atoms with Crippen LogP contribution in [0.5, 0.6) is 5.75 Å². The van der Waals surface area contributed by atoms with Crippen LogP contribution in [-0.2, 0) is 6.54 Å². The summed E-state index contributed by atoms with van der Waals surface area (Å²) in [6.07, 6.45) is 0. The Kier molecular flexibility index (Phi) is 6.23. The van der Waals surface area contributed by atoms with E-state index in [1.807, 2.05) is 73.7 Å². The Morgan fingerprint density at radius 2 is 1.65 bits per heavy atom. The van der Waals surface area contributed by atoms with Crippen molar-refractivity contribution < 1.29 is 14.1 Å². The van der Waals surface area contributed by atoms with Crippen LogP contribution in [0.25, 0.3) is 11.4 Å². The fourth-order valence-electron chi connectivity index (χ4n) is 3.07. The van der Waals surface area contributed by atoms with E-state index >= 15 is 0 Å². The molecule has 1 heterocycles. The molecule has 156 valence electrons. The van der Waals surface area contributed by atoms with E-state index in [0.29, 0.717) is 41.9 Å². The Hall–Kier alpha value is -4.13. The van der Waals surface area contributed by atoms with Crippen LogP contribution in [-0.4, -0.2) is 22.7 Å². The van der Waals surface area contributed by atoms with Gasteiger partial charge in [-0.15, -0.1) is 0 Å². The predicted octanol–water partition coefficient (Wildman–Crippen LogP) is 5.00. The first-order valence-electron chi connectivity index (χ1n) is 9.98. The highest BCUT2D eigenvalue weighted by Gasteiger charge is 2.14. The lowest BCUT2D eigenvalue weighted by molar-refractivity contribution is 0.102. The average Bonchev–Trinajstić information content (AvgIpc) is 3.28. The molecular weight excluding hydrogens is 392 g/mol. The molecule has 0 aliphatic rings. The molecule has 0 bridgehead atoms. The second-order valence-electron chi connectivity index (χ2n) is 6.66. The van der Waals surface area contributed by atoms with Gasteiger partial charge in [-0.2, -0.15) is 4.98 Å². The van der Waals surface area contributed by atoms with Crippen LogP contribution in [0, 0.1) is 0 Å². The van der Waals surface area contributed by atoms with Crippen molar-refractivity contribution in [2.75, 3.05) is 17.2 Å². The fraction of sp³-hybridized carbons (Fsp3) is 0.125. The molecule has 0 aliphatic heterocycles. The molecule has 7 nitrogen and oxygen atoms in total. The lowest BCUT2D eigenvalue weighted by Crippen LogP contribution is -2.13. The topological polar surface area (TPSA) is 89.3 Å². The van der Waals surface area contributed by atoms with Gasteiger partial charge in [0.25, 0.3) is 5.91 Å². The summed E-state index contributed by atoms with van der Waals surface area (Å²) in [5.74, 6) is 1.42. The van der Waals surface area contributed by atoms with Gasteiger partial charge in [-0.1, -0.05) is 47.6 Å². The Labute approximate surface area is 180 Å². The van der Waals surface area contributed by atoms with Gasteiger partial charge in [0.2, 0.25) is 11.7 Å². The molecule has 0 spiro atoms. The Balaban J connectivity index is 1.46. The number of anilines is 2. The van der Waals surface area contributed by atoms with E-state index in [2.05, 4.69) is 20.8 Å². The SMILES string of the molecule is CCOc1ccccc1-c1noc(CNc2ccccc2NC(=O)c2ccccc2)n1. The number of hydrogen-bond acceptors (Lipinski definition) is 6. The highest BCUT2D eigenvalue weighted by atomic mass is 16.5. The molecule has 31 heavy (non-hydrogen) atoms. The summed E-state index contributed by atoms with van der Waals surface area (Å²) in [6.45, 7) is 2.78. The maximum Gasteiger partial charge on any atom is 0.255 e. The van der Waals surface area contributed by atoms with Crippen molar-refractivity contribution in [2.45, 2.75) is 13.5 Å². The van der Waals surface area contributed by atoms with Crippen LogP contribution in [0.2, 0.25) is 0 Å². The summed E-state index contributed by atoms with van der Waals surface area (Å²) in [7, 11) is 0. The number of amides is 1. The van der Waals surface area contributed by atoms with Crippen LogP contribution in [0.3, 0.4) is 0 Å². The lowest BCUT2D eigenvalue weighted by atomic mass is 10.2. The number of carbonyl (C=O) groups is 1. The molecule has 0 aliphatic carbocycles. The molecule has 0 radical (unpaired) electrons. The first kappa shape index (κ1) is 20.2. The van der Waals surface area contributed by atoms with E-state index in [1.165, 1.54) is 0 Å². The smallest absolute Gasteiger partial charge is 0.255 e. The number of para-hydroxylation sites is 3. The maximum atomic E-state index is 12.5. The van der Waals surface area contributed by atoms with E-state index < -0.39 is 0 Å². The molecule has 7 heteroatoms. The van der Waals surface area contributed by atoms with Gasteiger partial charge < -0.3 is 19.9 Å². The highest BCUT2D eigenvalue weighted by molar-refractivity contribution is 6.05. The van der Waals surface area contributed by atoms with Gasteiger partial charge in [-0.3, -0.25) is 4.79 Å². The van der Waals surface area contributed by atoms with Gasteiger partial charge >= 0.3 is 0 Å². The molecule has 1 amide bonds. The largest absolute Gasteiger partial charge is 0.493 e. The van der Waals surface area contributed by atoms with Gasteiger partial charge in [-0.05, 0) is 43.3 Å². The second-order valence-corrected chi connectivity index (χ2v) is 6.66. The van der Waals surface area contributed by atoms with E-state index in [0.717, 1.165) is 11.3 Å². The normalized spacial score (nSPS) is 10.5. The number of hydrogen-bond donors (Lipinski definition) is 2. The first-order valence-corrected chi connectivity index (χ1v) is 9.98. The van der Waals surface area contributed by atoms with Crippen molar-refractivity contribution in [3.8, 4) is 17.1 Å². The predicted molar refractivity (Wildman–Crippen MR) is 119 cm³/mol. The molecule has 1 aromatic heterocycles. The second kappa shape index (κ2) is 9.58. The molecule has 3 aromatic carbocycles. The van der Waals surface area contributed by atoms with Crippen molar-refractivity contribution in [3.63, 3.8) is 0 Å². The van der Waals surface area contributed by atoms with E-state index in [4.69, 9.17) is 9.26 Å². The van der Waals surface area contributed by atoms with Gasteiger partial charge in [0.1, 0.15) is 5.75 Å². The maximum absolute atomic E-state index is 12.5. The lowest BCUT2D eigenvalue weighted by Gasteiger charge is -2.12. The van der Waals surface area contributed by atoms with Gasteiger partial charge in [-0.25, -0.2) is 0 Å². The number of ether oxygens (including phenoxy) is 1. The molecule has 0 atom stereocenters. The number of carbonyl (C=O) groups excluding carboxylic acids is 1. The third-order valence-corrected chi connectivity index (χ3v) is 4.54. The standard InChI is InChI=1S/C24H22N4O3/c1-2-30-21-15-9-6-12-18(21)23-27-22(31-28-23)16-25-19-13-7-8-14-20(19)26-24(29)17-10-4-3-5-11-17/h3-15,25H,2,16H2,1H3,(H,26,29). The fourth-order valence-corrected chi connectivity index (χ4v) is 3.07. The minimum absolute atomic E-state index is 0.178. The molecule has 0 saturated carbocycles. The van der Waals surface area contributed by atoms with Crippen LogP contribution in [0.4, 0.5) is 11.4 Å². The quantitative estimate of drug-likeness (QED) is 0.422. The number of nitrogens with zero attached hydrogens (tertiary/aromatic N) is 2. The monoisotopic (exact) mass is 414 g/mol. The summed E-state index contributed by atoms with van der Waals surface area (Å²) < 4.78 is 11.0. The zero-order valence-electron chi connectivity index (χ0n) is 17.0. The van der Waals surface area contributed by atoms with Crippen molar-refractivity contribution >= 4 is 17.3 Å². The summed E-state index contributed by atoms with van der Waals surface area (Å²) in [5, 5.41) is 10.3. The zero-order chi connectivity index (χ0) is 21.5. The molecule has 4 rings (SSSR count). The van der Waals surface area contributed by atoms with E-state index in [9.17, 15) is 4.79 Å². The number of nitrogens with one attached hydrogen (secondary N) is 2. The Morgan fingerprint density at radius 3 is 2.45 bits per heavy atom. The van der Waals surface area contributed by atoms with Gasteiger partial charge in [0, 0.05) is 5.56 Å². The average molecular weight is 414 g/mol. The third kappa shape index (κ3) is 4.90. The van der Waals surface area contributed by atoms with Crippen LogP contribution < -0.4 is 15.4 Å². The summed E-state index contributed by atoms with van der Waals surface area (Å²) in [4.78, 5) is 17.0. The Morgan fingerprint density at radius 1 is 0.935 bits per heavy atom. The van der Waals surface area contributed by atoms with Crippen molar-refractivity contribution in [2.24, 2.45) is 0 Å². The molecule has 2 N–H and O–H groups in total. The molecule has 0 saturated heterocycles. The third-order valence-electron chi connectivity index (χ3n) is 4.54. The van der Waals surface area contributed by atoms with E-state index in [-0.39, 0.29) is 5.91 Å². The van der Waals surface area contributed by atoms with Gasteiger partial charge in [0.05, 0.1) is 30.1 Å². The molecule has 0 unspecified atom stereocenters. The zero-order valence-corrected chi connectivity index (χ0v) is 17.0. The summed E-state index contributed by atoms with van der Waals surface area (Å²) in [6, 6.07) is 24.1. The van der Waals surface area contributed by atoms with Crippen LogP contribution in [0.15, 0.2) is 83.4 Å². The molecular formula is C24H22N4O3. The molecule has 0 fully saturated rings. The number of rotatable bonds is 8. The van der Waals surface area contributed by atoms with Crippen molar-refractivity contribution in [3.05, 3.63) is 90.3 Å². The van der Waals surface area contributed by atoms with Crippen molar-refractivity contribution in [1.29, 1.82) is 0 Å². The Bertz CT molecular complexity index is 1160. The molecule has 4 aromatic rings. The minimum atomic E-state index is -0.178. The van der Waals surface area contributed by atoms with Crippen LogP contribution >= 0.6 is 0 Å². The summed E-state index contributed by atoms with van der Waals surface area (Å²) >= 11 is 0. The van der Waals surface area contributed by atoms with Crippen LogP contribution in [0.1, 0.15) is 23.2 Å². The highest BCUT2D eigenvalue weighted by Crippen LogP contribution is 2.28. The number of aromatic nitrogens is 2. The van der Waals surface area contributed by atoms with E-state index in [1.54, 1.807) is 12.1 Å². The summed E-state index contributed by atoms with van der Waals surface area (Å²) in [5.41, 5.74) is 2.78. The number of benzene rings is 3. The van der Waals surface area contributed by atoms with Crippen molar-refractivity contribution in [1.82, 2.24) is 10.1 Å². The van der Waals surface area contributed by atoms with Gasteiger partial charge in [0.15, 0.2) is 0 Å². The minimum Gasteiger partial charge on any atom is -0.493 e. The first-order chi connectivity index (χ1) is 15.2.